The molecule has 0 bridgehead atoms. The number of alkyl halides is 1. The summed E-state index contributed by atoms with van der Waals surface area (Å²) in [6.07, 6.45) is 2.61. The summed E-state index contributed by atoms with van der Waals surface area (Å²) in [5.74, 6) is -2.45. The SMILES string of the molecule is C[C@@H]1C[C@H]2[C@@H]3CCC4=CC(=O)C(N)=C[C@]4(C)[C@@]3(F)[C@@H](O)C[C@]2(C)[C@@]1(O)C(=O)CO. The summed E-state index contributed by atoms with van der Waals surface area (Å²) >= 11 is 0. The van der Waals surface area contributed by atoms with Crippen LogP contribution in [0.2, 0.25) is 0 Å². The van der Waals surface area contributed by atoms with E-state index in [4.69, 9.17) is 5.73 Å². The highest BCUT2D eigenvalue weighted by Gasteiger charge is 2.75. The smallest absolute Gasteiger partial charge is 0.201 e. The zero-order valence-corrected chi connectivity index (χ0v) is 17.1. The van der Waals surface area contributed by atoms with Crippen molar-refractivity contribution in [3.63, 3.8) is 0 Å². The minimum atomic E-state index is -2.07. The van der Waals surface area contributed by atoms with Crippen molar-refractivity contribution in [3.8, 4) is 0 Å². The van der Waals surface area contributed by atoms with Gasteiger partial charge in [-0.05, 0) is 56.6 Å². The predicted octanol–water partition coefficient (Wildman–Crippen LogP) is 1.18. The van der Waals surface area contributed by atoms with Gasteiger partial charge in [0.2, 0.25) is 5.78 Å². The fraction of sp³-hybridized carbons (Fsp3) is 0.727. The van der Waals surface area contributed by atoms with Gasteiger partial charge >= 0.3 is 0 Å². The number of fused-ring (bicyclic) bond motifs is 5. The van der Waals surface area contributed by atoms with E-state index in [1.54, 1.807) is 20.8 Å². The lowest BCUT2D eigenvalue weighted by Crippen LogP contribution is -2.69. The zero-order valence-electron chi connectivity index (χ0n) is 17.1. The molecule has 0 aromatic heterocycles. The first kappa shape index (κ1) is 20.7. The second-order valence-electron chi connectivity index (χ2n) is 9.98. The monoisotopic (exact) mass is 407 g/mol. The van der Waals surface area contributed by atoms with Crippen LogP contribution in [0.5, 0.6) is 0 Å². The molecule has 4 aliphatic rings. The van der Waals surface area contributed by atoms with Crippen LogP contribution in [-0.2, 0) is 9.59 Å². The van der Waals surface area contributed by atoms with E-state index in [0.29, 0.717) is 24.8 Å². The van der Waals surface area contributed by atoms with Crippen LogP contribution in [0.15, 0.2) is 23.4 Å². The minimum Gasteiger partial charge on any atom is -0.396 e. The van der Waals surface area contributed by atoms with E-state index in [9.17, 15) is 24.9 Å². The maximum absolute atomic E-state index is 17.0. The molecule has 0 aliphatic heterocycles. The van der Waals surface area contributed by atoms with Gasteiger partial charge in [0.05, 0.1) is 11.8 Å². The first-order valence-corrected chi connectivity index (χ1v) is 10.3. The average Bonchev–Trinajstić information content (AvgIpc) is 2.85. The standard InChI is InChI=1S/C22H30FNO5/c1-11-6-14-13-5-4-12-7-16(26)15(24)8-19(12,2)21(13,23)17(27)9-20(14,3)22(11,29)18(28)10-25/h7-8,11,13-14,17,25,27,29H,4-6,9-10,24H2,1-3H3/t11-,13+,14+,17+,19+,20+,21+,22+/m1/s1. The number of carbonyl (C=O) groups excluding carboxylic acids is 2. The quantitative estimate of drug-likeness (QED) is 0.546. The normalized spacial score (nSPS) is 51.5. The minimum absolute atomic E-state index is 0.0267. The molecule has 5 N–H and O–H groups in total. The highest BCUT2D eigenvalue weighted by atomic mass is 19.1. The molecule has 29 heavy (non-hydrogen) atoms. The van der Waals surface area contributed by atoms with E-state index >= 15 is 4.39 Å². The van der Waals surface area contributed by atoms with Crippen molar-refractivity contribution in [2.75, 3.05) is 6.61 Å². The van der Waals surface area contributed by atoms with Gasteiger partial charge in [0, 0.05) is 16.7 Å². The largest absolute Gasteiger partial charge is 0.396 e. The Hall–Kier alpha value is -1.57. The highest BCUT2D eigenvalue weighted by molar-refractivity contribution is 6.05. The van der Waals surface area contributed by atoms with Gasteiger partial charge in [0.1, 0.15) is 12.2 Å². The Morgan fingerprint density at radius 3 is 2.62 bits per heavy atom. The molecule has 4 aliphatic carbocycles. The molecular formula is C22H30FNO5. The Kier molecular flexibility index (Phi) is 4.27. The van der Waals surface area contributed by atoms with Crippen LogP contribution >= 0.6 is 0 Å². The third-order valence-corrected chi connectivity index (χ3v) is 8.93. The van der Waals surface area contributed by atoms with Crippen LogP contribution in [0, 0.1) is 28.6 Å². The molecule has 6 nitrogen and oxygen atoms in total. The third kappa shape index (κ3) is 2.16. The lowest BCUT2D eigenvalue weighted by molar-refractivity contribution is -0.219. The molecule has 3 saturated carbocycles. The van der Waals surface area contributed by atoms with E-state index in [-0.39, 0.29) is 23.8 Å². The van der Waals surface area contributed by atoms with E-state index in [0.717, 1.165) is 0 Å². The number of hydrogen-bond donors (Lipinski definition) is 4. The summed E-state index contributed by atoms with van der Waals surface area (Å²) in [4.78, 5) is 24.6. The molecule has 4 rings (SSSR count). The molecule has 3 fully saturated rings. The zero-order chi connectivity index (χ0) is 21.6. The van der Waals surface area contributed by atoms with E-state index in [1.165, 1.54) is 12.2 Å². The second-order valence-corrected chi connectivity index (χ2v) is 9.98. The molecule has 7 heteroatoms. The fourth-order valence-corrected chi connectivity index (χ4v) is 7.38. The van der Waals surface area contributed by atoms with Crippen molar-refractivity contribution in [3.05, 3.63) is 23.4 Å². The fourth-order valence-electron chi connectivity index (χ4n) is 7.38. The van der Waals surface area contributed by atoms with E-state index < -0.39 is 52.4 Å². The maximum Gasteiger partial charge on any atom is 0.201 e. The van der Waals surface area contributed by atoms with Crippen LogP contribution < -0.4 is 5.73 Å². The molecule has 0 saturated heterocycles. The Balaban J connectivity index is 1.85. The first-order chi connectivity index (χ1) is 13.4. The molecule has 0 heterocycles. The van der Waals surface area contributed by atoms with Crippen molar-refractivity contribution < 1.29 is 29.3 Å². The van der Waals surface area contributed by atoms with Gasteiger partial charge < -0.3 is 21.1 Å². The summed E-state index contributed by atoms with van der Waals surface area (Å²) in [5, 5.41) is 32.1. The van der Waals surface area contributed by atoms with E-state index in [2.05, 4.69) is 0 Å². The molecule has 0 aromatic rings. The van der Waals surface area contributed by atoms with Crippen molar-refractivity contribution in [2.45, 2.75) is 63.8 Å². The number of Topliss-reactive ketones (excluding diaryl/α,β-unsaturated/α-hetero) is 1. The van der Waals surface area contributed by atoms with Gasteiger partial charge in [-0.15, -0.1) is 0 Å². The van der Waals surface area contributed by atoms with E-state index in [1.807, 2.05) is 0 Å². The van der Waals surface area contributed by atoms with Crippen molar-refractivity contribution in [1.29, 1.82) is 0 Å². The number of aliphatic hydroxyl groups excluding tert-OH is 2. The number of hydrogen-bond acceptors (Lipinski definition) is 6. The second kappa shape index (κ2) is 5.99. The Morgan fingerprint density at radius 1 is 1.34 bits per heavy atom. The van der Waals surface area contributed by atoms with Crippen LogP contribution in [0.25, 0.3) is 0 Å². The molecule has 0 radical (unpaired) electrons. The molecule has 0 spiro atoms. The Morgan fingerprint density at radius 2 is 2.00 bits per heavy atom. The lowest BCUT2D eigenvalue weighted by Gasteiger charge is -2.62. The summed E-state index contributed by atoms with van der Waals surface area (Å²) in [6, 6.07) is 0. The maximum atomic E-state index is 17.0. The van der Waals surface area contributed by atoms with Gasteiger partial charge in [-0.1, -0.05) is 19.4 Å². The summed E-state index contributed by atoms with van der Waals surface area (Å²) < 4.78 is 17.0. The summed E-state index contributed by atoms with van der Waals surface area (Å²) in [7, 11) is 0. The predicted molar refractivity (Wildman–Crippen MR) is 103 cm³/mol. The molecule has 0 aromatic carbocycles. The number of ketones is 2. The molecule has 160 valence electrons. The number of aliphatic hydroxyl groups is 3. The number of halogens is 1. The van der Waals surface area contributed by atoms with Gasteiger partial charge in [0.15, 0.2) is 11.5 Å². The highest BCUT2D eigenvalue weighted by Crippen LogP contribution is 2.70. The van der Waals surface area contributed by atoms with Crippen molar-refractivity contribution in [1.82, 2.24) is 0 Å². The van der Waals surface area contributed by atoms with Gasteiger partial charge in [-0.25, -0.2) is 4.39 Å². The molecule has 0 unspecified atom stereocenters. The first-order valence-electron chi connectivity index (χ1n) is 10.3. The third-order valence-electron chi connectivity index (χ3n) is 8.93. The van der Waals surface area contributed by atoms with Crippen LogP contribution in [0.3, 0.4) is 0 Å². The van der Waals surface area contributed by atoms with Gasteiger partial charge in [-0.2, -0.15) is 0 Å². The molecular weight excluding hydrogens is 377 g/mol. The number of carbonyl (C=O) groups is 2. The van der Waals surface area contributed by atoms with Crippen LogP contribution in [-0.4, -0.2) is 50.9 Å². The topological polar surface area (TPSA) is 121 Å². The number of allylic oxidation sites excluding steroid dienone is 3. The Labute approximate surface area is 169 Å². The number of nitrogens with two attached hydrogens (primary N) is 1. The Bertz CT molecular complexity index is 854. The lowest BCUT2D eigenvalue weighted by atomic mass is 9.44. The summed E-state index contributed by atoms with van der Waals surface area (Å²) in [6.45, 7) is 4.37. The van der Waals surface area contributed by atoms with Gasteiger partial charge in [0.25, 0.3) is 0 Å². The summed E-state index contributed by atoms with van der Waals surface area (Å²) in [5.41, 5.74) is 0.301. The van der Waals surface area contributed by atoms with Gasteiger partial charge in [-0.3, -0.25) is 9.59 Å². The molecule has 8 atom stereocenters. The molecule has 0 amide bonds. The van der Waals surface area contributed by atoms with Crippen molar-refractivity contribution in [2.24, 2.45) is 34.3 Å². The van der Waals surface area contributed by atoms with Crippen LogP contribution in [0.1, 0.15) is 46.5 Å². The van der Waals surface area contributed by atoms with Crippen molar-refractivity contribution >= 4 is 11.6 Å². The van der Waals surface area contributed by atoms with Crippen LogP contribution in [0.4, 0.5) is 4.39 Å². The number of rotatable bonds is 2. The average molecular weight is 407 g/mol.